The minimum absolute atomic E-state index is 0.0580. The maximum atomic E-state index is 14.7. The Morgan fingerprint density at radius 3 is 2.01 bits per heavy atom. The number of carbonyl (C=O) groups excluding carboxylic acids is 2. The van der Waals surface area contributed by atoms with Crippen LogP contribution in [0.15, 0.2) is 84.9 Å². The molecule has 3 fully saturated rings. The normalized spacial score (nSPS) is 37.0. The molecule has 0 unspecified atom stereocenters. The molecular weight excluding hydrogens is 1000 g/mol. The van der Waals surface area contributed by atoms with Gasteiger partial charge >= 0.3 is 5.97 Å². The summed E-state index contributed by atoms with van der Waals surface area (Å²) in [6.45, 7) is 17.4. The lowest BCUT2D eigenvalue weighted by molar-refractivity contribution is -0.318. The van der Waals surface area contributed by atoms with Crippen molar-refractivity contribution in [1.29, 1.82) is 0 Å². The topological polar surface area (TPSA) is 197 Å². The number of carbonyl (C=O) groups is 2. The van der Waals surface area contributed by atoms with E-state index in [9.17, 15) is 35.1 Å². The molecular formula is C61H93N2O13P. The van der Waals surface area contributed by atoms with Crippen LogP contribution < -0.4 is 15.9 Å². The van der Waals surface area contributed by atoms with E-state index in [1.807, 2.05) is 45.0 Å². The van der Waals surface area contributed by atoms with E-state index in [0.717, 1.165) is 19.3 Å². The molecule has 0 bridgehead atoms. The number of ether oxygens (including phenoxy) is 6. The van der Waals surface area contributed by atoms with Crippen molar-refractivity contribution < 1.29 is 63.5 Å². The van der Waals surface area contributed by atoms with Crippen molar-refractivity contribution in [1.82, 2.24) is 9.80 Å². The van der Waals surface area contributed by atoms with Crippen LogP contribution in [-0.4, -0.2) is 165 Å². The Hall–Kier alpha value is -3.41. The van der Waals surface area contributed by atoms with Gasteiger partial charge in [0.15, 0.2) is 12.6 Å². The highest BCUT2D eigenvalue weighted by atomic mass is 31.1. The summed E-state index contributed by atoms with van der Waals surface area (Å²) < 4.78 is 38.3. The number of benzene rings is 3. The molecule has 0 radical (unpaired) electrons. The molecule has 1 amide bonds. The third-order valence-corrected chi connectivity index (χ3v) is 19.4. The predicted octanol–water partition coefficient (Wildman–Crippen LogP) is 6.36. The fourth-order valence-corrected chi connectivity index (χ4v) is 14.8. The van der Waals surface area contributed by atoms with Gasteiger partial charge in [0, 0.05) is 38.5 Å². The van der Waals surface area contributed by atoms with Crippen LogP contribution >= 0.6 is 7.92 Å². The molecule has 3 saturated heterocycles. The average molecular weight is 1090 g/mol. The van der Waals surface area contributed by atoms with E-state index >= 15 is 0 Å². The summed E-state index contributed by atoms with van der Waals surface area (Å²) in [7, 11) is 4.46. The first kappa shape index (κ1) is 62.8. The molecule has 0 spiro atoms. The number of aliphatic hydroxyl groups is 5. The molecule has 3 aliphatic heterocycles. The largest absolute Gasteiger partial charge is 0.459 e. The Kier molecular flexibility index (Phi) is 22.3. The zero-order valence-corrected chi connectivity index (χ0v) is 49.1. The summed E-state index contributed by atoms with van der Waals surface area (Å²) in [5.74, 6) is -3.34. The SMILES string of the molecule is CC[C@H]1OC(=O)[C@H](C)[C@@H](O[C@H]2C[C@@](C)(OC)[C@@H](O)[C@H](C)O2)[C@H](C)[C@@H](O[C@@H]2O[C@H](C)C[C@H](N(C)C)[C@H]2O)[C@](C)(O)C[C@@H](C)CN(C(=O)CCCCCc2ccccc2P(c2ccccc2)c2ccccc2)[C@H](C)[C@@H](O)[C@]1(C)O. The van der Waals surface area contributed by atoms with Gasteiger partial charge in [-0.25, -0.2) is 0 Å². The molecule has 5 N–H and O–H groups in total. The van der Waals surface area contributed by atoms with Crippen LogP contribution in [0.5, 0.6) is 0 Å². The summed E-state index contributed by atoms with van der Waals surface area (Å²) in [5, 5.41) is 64.4. The number of methoxy groups -OCH3 is 1. The average Bonchev–Trinajstić information content (AvgIpc) is 3.40. The first-order chi connectivity index (χ1) is 36.3. The van der Waals surface area contributed by atoms with Crippen LogP contribution in [0.25, 0.3) is 0 Å². The lowest BCUT2D eigenvalue weighted by atomic mass is 9.77. The Morgan fingerprint density at radius 2 is 1.42 bits per heavy atom. The molecule has 18 atom stereocenters. The second-order valence-electron chi connectivity index (χ2n) is 23.5. The van der Waals surface area contributed by atoms with E-state index in [4.69, 9.17) is 28.4 Å². The molecule has 0 saturated carbocycles. The molecule has 77 heavy (non-hydrogen) atoms. The number of hydrogen-bond donors (Lipinski definition) is 5. The maximum absolute atomic E-state index is 14.7. The fraction of sp³-hybridized carbons (Fsp3) is 0.672. The molecule has 0 aromatic heterocycles. The predicted molar refractivity (Wildman–Crippen MR) is 301 cm³/mol. The van der Waals surface area contributed by atoms with Gasteiger partial charge in [-0.1, -0.05) is 112 Å². The van der Waals surface area contributed by atoms with E-state index in [1.54, 1.807) is 53.4 Å². The first-order valence-corrected chi connectivity index (χ1v) is 29.5. The molecule has 3 aromatic carbocycles. The van der Waals surface area contributed by atoms with Gasteiger partial charge in [-0.15, -0.1) is 0 Å². The second-order valence-corrected chi connectivity index (χ2v) is 25.7. The number of likely N-dealkylation sites (N-methyl/N-ethyl adjacent to an activating group) is 1. The highest BCUT2D eigenvalue weighted by Crippen LogP contribution is 2.41. The van der Waals surface area contributed by atoms with Gasteiger partial charge in [0.05, 0.1) is 47.6 Å². The molecule has 6 rings (SSSR count). The summed E-state index contributed by atoms with van der Waals surface area (Å²) in [6.07, 6.45) is -6.40. The van der Waals surface area contributed by atoms with Gasteiger partial charge in [0.2, 0.25) is 5.91 Å². The summed E-state index contributed by atoms with van der Waals surface area (Å²) >= 11 is 0. The van der Waals surface area contributed by atoms with Crippen molar-refractivity contribution in [3.63, 3.8) is 0 Å². The third kappa shape index (κ3) is 15.1. The monoisotopic (exact) mass is 1090 g/mol. The molecule has 3 aliphatic rings. The molecule has 3 heterocycles. The number of hydrogen-bond acceptors (Lipinski definition) is 14. The van der Waals surface area contributed by atoms with E-state index in [1.165, 1.54) is 35.5 Å². The van der Waals surface area contributed by atoms with Crippen molar-refractivity contribution in [2.45, 2.75) is 217 Å². The van der Waals surface area contributed by atoms with E-state index < -0.39 is 110 Å². The van der Waals surface area contributed by atoms with E-state index in [2.05, 4.69) is 72.8 Å². The number of cyclic esters (lactones) is 1. The number of rotatable bonds is 16. The number of amides is 1. The van der Waals surface area contributed by atoms with Crippen molar-refractivity contribution in [3.8, 4) is 0 Å². The van der Waals surface area contributed by atoms with Gasteiger partial charge in [-0.05, 0) is 136 Å². The van der Waals surface area contributed by atoms with Crippen LogP contribution in [-0.2, 0) is 44.4 Å². The number of aryl methyl sites for hydroxylation is 1. The lowest BCUT2D eigenvalue weighted by Crippen LogP contribution is -2.60. The van der Waals surface area contributed by atoms with Crippen LogP contribution in [0.3, 0.4) is 0 Å². The van der Waals surface area contributed by atoms with Crippen LogP contribution in [0.2, 0.25) is 0 Å². The lowest BCUT2D eigenvalue weighted by Gasteiger charge is -2.48. The minimum atomic E-state index is -2.02. The van der Waals surface area contributed by atoms with Crippen molar-refractivity contribution in [2.24, 2.45) is 17.8 Å². The Balaban J connectivity index is 1.29. The van der Waals surface area contributed by atoms with Gasteiger partial charge in [0.1, 0.15) is 30.0 Å². The van der Waals surface area contributed by atoms with Crippen molar-refractivity contribution in [2.75, 3.05) is 27.7 Å². The summed E-state index contributed by atoms with van der Waals surface area (Å²) in [5.41, 5.74) is -3.55. The molecule has 15 nitrogen and oxygen atoms in total. The second kappa shape index (κ2) is 27.4. The Labute approximate surface area is 460 Å². The minimum Gasteiger partial charge on any atom is -0.459 e. The third-order valence-electron chi connectivity index (χ3n) is 16.8. The molecule has 0 aliphatic carbocycles. The Morgan fingerprint density at radius 1 is 0.805 bits per heavy atom. The van der Waals surface area contributed by atoms with Gasteiger partial charge in [-0.2, -0.15) is 0 Å². The van der Waals surface area contributed by atoms with E-state index in [-0.39, 0.29) is 50.3 Å². The van der Waals surface area contributed by atoms with Crippen molar-refractivity contribution in [3.05, 3.63) is 90.5 Å². The first-order valence-electron chi connectivity index (χ1n) is 28.1. The van der Waals surface area contributed by atoms with Crippen LogP contribution in [0.1, 0.15) is 126 Å². The number of nitrogens with zero attached hydrogens (tertiary/aromatic N) is 2. The fourth-order valence-electron chi connectivity index (χ4n) is 12.3. The number of aliphatic hydroxyl groups excluding tert-OH is 3. The summed E-state index contributed by atoms with van der Waals surface area (Å²) in [4.78, 5) is 33.0. The zero-order chi connectivity index (χ0) is 56.6. The maximum Gasteiger partial charge on any atom is 0.311 e. The van der Waals surface area contributed by atoms with Gasteiger partial charge in [0.25, 0.3) is 0 Å². The molecule has 430 valence electrons. The zero-order valence-electron chi connectivity index (χ0n) is 48.2. The quantitative estimate of drug-likeness (QED) is 0.0604. The smallest absolute Gasteiger partial charge is 0.311 e. The highest BCUT2D eigenvalue weighted by Gasteiger charge is 2.53. The van der Waals surface area contributed by atoms with Crippen LogP contribution in [0.4, 0.5) is 0 Å². The number of unbranched alkanes of at least 4 members (excludes halogenated alkanes) is 2. The number of esters is 1. The summed E-state index contributed by atoms with van der Waals surface area (Å²) in [6, 6.07) is 28.6. The van der Waals surface area contributed by atoms with E-state index in [0.29, 0.717) is 12.8 Å². The van der Waals surface area contributed by atoms with Crippen molar-refractivity contribution >= 4 is 35.7 Å². The van der Waals surface area contributed by atoms with Gasteiger partial charge < -0.3 is 63.8 Å². The standard InChI is InChI=1S/C61H93N2O13P/c1-14-49-61(10,70)54(66)42(6)63(50(64)33-23-15-18-26-44-27-24-25-32-48(44)77(45-28-19-16-20-29-45)46-30-21-17-22-31-46)37-38(2)35-59(8,69)56(76-58-52(65)47(62(11)12)34-39(3)72-58)40(4)53(41(5)57(68)74-49)75-51-36-60(9,71-13)55(67)43(7)73-51/h16-17,19-22,24-25,27-32,38-43,47,49,51-56,58,65-67,69-70H,14-15,18,23,26,33-37H2,1-13H3/t38-,39-,40+,41-,42-,43+,47+,49-,51+,52-,53+,54-,55+,56-,58+,59-,60-,61-/m1/s1. The van der Waals surface area contributed by atoms with Crippen LogP contribution in [0, 0.1) is 17.8 Å². The van der Waals surface area contributed by atoms with Gasteiger partial charge in [-0.3, -0.25) is 9.59 Å². The Bertz CT molecular complexity index is 2270. The highest BCUT2D eigenvalue weighted by molar-refractivity contribution is 7.79. The molecule has 3 aromatic rings. The molecule has 16 heteroatoms.